The van der Waals surface area contributed by atoms with Crippen molar-refractivity contribution in [3.05, 3.63) is 119 Å². The van der Waals surface area contributed by atoms with Gasteiger partial charge in [-0.2, -0.15) is 0 Å². The molecule has 0 bridgehead atoms. The van der Waals surface area contributed by atoms with Crippen molar-refractivity contribution in [3.8, 4) is 28.3 Å². The molecule has 34 nitrogen and oxygen atoms in total. The molecule has 0 aliphatic carbocycles. The number of H-pyrrole nitrogens is 1. The van der Waals surface area contributed by atoms with Crippen molar-refractivity contribution >= 4 is 93.2 Å². The van der Waals surface area contributed by atoms with Crippen molar-refractivity contribution in [1.82, 2.24) is 56.2 Å². The number of likely N-dealkylation sites (N-methyl/N-ethyl adjacent to an activating group) is 2. The lowest BCUT2D eigenvalue weighted by molar-refractivity contribution is -0.271. The summed E-state index contributed by atoms with van der Waals surface area (Å²) >= 11 is 6.42. The van der Waals surface area contributed by atoms with Crippen molar-refractivity contribution in [2.45, 2.75) is 232 Å². The number of likely N-dealkylation sites (tertiary alicyclic amines) is 1. The number of carboxylic acid groups (broad SMARTS) is 1. The Morgan fingerprint density at radius 2 is 1.47 bits per heavy atom. The highest BCUT2D eigenvalue weighted by Gasteiger charge is 2.49. The number of amides is 8. The Kier molecular flexibility index (Phi) is 37.0. The van der Waals surface area contributed by atoms with Gasteiger partial charge in [-0.15, -0.1) is 0 Å². The van der Waals surface area contributed by atoms with Gasteiger partial charge < -0.3 is 112 Å². The predicted molar refractivity (Wildman–Crippen MR) is 477 cm³/mol. The number of anilines is 3. The monoisotopic (exact) mass is 1790 g/mol. The number of aliphatic hydroxyl groups excluding tert-OH is 4. The molecule has 0 saturated carbocycles. The minimum absolute atomic E-state index is 0.000530. The number of carboxylic acids is 1. The Hall–Kier alpha value is -10.2. The first kappa shape index (κ1) is 101. The molecule has 0 unspecified atom stereocenters. The van der Waals surface area contributed by atoms with Gasteiger partial charge in [-0.25, -0.2) is 23.9 Å². The number of nitrogens with one attached hydrogen (secondary N) is 8. The fraction of sp³-hybridized carbons (Fsp3) is 0.571. The number of aromatic amines is 1. The van der Waals surface area contributed by atoms with E-state index in [-0.39, 0.29) is 78.7 Å². The standard InChI is InChI=1S/C91H129ClFN15O19/c1-16-52(9)75(68(123-15)45-70(110)108-34-20-23-62(108)41-53(10)84(115)98-54(11)77(111)57-21-18-17-19-22-57)105(13)88(119)73(49(4)5)104-87(118)74(50(6)7)106(14)91(122)125-47-56-24-26-65(67(42-56)126-90-80(114)78(112)79(113)81(127-90)89(120)121)102-85(116)55(12)99-86(117)72(48(2)3)103-69(109)30-37-124-38-33-95-31-32-96-82-71(83-100-64-27-25-59(92)44-66(64)101-83)76(107-35-28-61(94)29-36-107)63(46-97-82)58-39-51(8)40-60(93)43-58/h17-19,21-22,24-27,39-40,42-44,46,48-50,52-55,61-62,68,72-75,77-81,90,95,111-114H,16,20,23,28-38,41,45,47,94H2,1-15H3,(H,96,97)(H,98,115)(H,99,117)(H,100,101)(H,102,116)(H,103,109)(H,104,118)(H,120,121)/t52-,53+,54+,55-,62-,68+,72-,73-,74-,75-,77+,78-,79-,80+,81-,90+/m0/s1. The number of fused-ring (bicyclic) bond motifs is 1. The molecule has 3 aliphatic heterocycles. The maximum atomic E-state index is 15.1. The van der Waals surface area contributed by atoms with E-state index < -0.39 is 151 Å². The van der Waals surface area contributed by atoms with Crippen LogP contribution in [0, 0.1) is 42.3 Å². The smallest absolute Gasteiger partial charge is 0.410 e. The van der Waals surface area contributed by atoms with Crippen LogP contribution in [0.3, 0.4) is 0 Å². The van der Waals surface area contributed by atoms with E-state index in [1.54, 1.807) is 97.8 Å². The number of pyridine rings is 1. The van der Waals surface area contributed by atoms with E-state index in [9.17, 15) is 68.7 Å². The lowest BCUT2D eigenvalue weighted by Crippen LogP contribution is -2.61. The van der Waals surface area contributed by atoms with Gasteiger partial charge in [-0.1, -0.05) is 123 Å². The van der Waals surface area contributed by atoms with Crippen LogP contribution < -0.4 is 52.6 Å². The van der Waals surface area contributed by atoms with Crippen LogP contribution in [-0.2, 0) is 63.9 Å². The molecule has 9 rings (SSSR count). The predicted octanol–water partition coefficient (Wildman–Crippen LogP) is 7.55. The minimum Gasteiger partial charge on any atom is -0.479 e. The highest BCUT2D eigenvalue weighted by atomic mass is 35.5. The normalized spacial score (nSPS) is 19.7. The minimum atomic E-state index is -2.10. The fourth-order valence-corrected chi connectivity index (χ4v) is 16.6. The third-order valence-electron chi connectivity index (χ3n) is 23.8. The summed E-state index contributed by atoms with van der Waals surface area (Å²) in [6, 6.07) is 17.0. The van der Waals surface area contributed by atoms with Crippen LogP contribution in [0.5, 0.6) is 5.75 Å². The van der Waals surface area contributed by atoms with Crippen LogP contribution in [0.25, 0.3) is 33.5 Å². The van der Waals surface area contributed by atoms with Crippen molar-refractivity contribution < 1.29 is 96.8 Å². The number of nitrogens with zero attached hydrogens (tertiary/aromatic N) is 6. The summed E-state index contributed by atoms with van der Waals surface area (Å²) in [6.07, 6.45) is -7.68. The van der Waals surface area contributed by atoms with E-state index in [1.165, 1.54) is 56.3 Å². The molecule has 4 aromatic carbocycles. The number of ether oxygens (including phenoxy) is 5. The molecular formula is C91H129ClFN15O19. The summed E-state index contributed by atoms with van der Waals surface area (Å²) in [6.45, 7) is 23.7. The molecule has 0 spiro atoms. The number of piperidine rings is 1. The molecule has 15 N–H and O–H groups in total. The molecule has 6 aromatic rings. The van der Waals surface area contributed by atoms with Gasteiger partial charge in [-0.3, -0.25) is 38.5 Å². The molecule has 2 aromatic heterocycles. The van der Waals surface area contributed by atoms with Gasteiger partial charge in [0.15, 0.2) is 6.10 Å². The zero-order valence-electron chi connectivity index (χ0n) is 75.2. The number of aliphatic carboxylic acids is 1. The number of carbonyl (C=O) groups is 9. The second-order valence-electron chi connectivity index (χ2n) is 34.6. The van der Waals surface area contributed by atoms with E-state index in [0.29, 0.717) is 97.4 Å². The molecule has 3 fully saturated rings. The summed E-state index contributed by atoms with van der Waals surface area (Å²) in [4.78, 5) is 145. The quantitative estimate of drug-likeness (QED) is 0.0164. The molecule has 696 valence electrons. The highest BCUT2D eigenvalue weighted by Crippen LogP contribution is 2.45. The van der Waals surface area contributed by atoms with Gasteiger partial charge in [0.2, 0.25) is 47.6 Å². The number of halogens is 2. The Morgan fingerprint density at radius 1 is 0.764 bits per heavy atom. The van der Waals surface area contributed by atoms with Gasteiger partial charge >= 0.3 is 12.1 Å². The van der Waals surface area contributed by atoms with E-state index in [1.807, 2.05) is 51.1 Å². The van der Waals surface area contributed by atoms with Crippen LogP contribution in [0.1, 0.15) is 150 Å². The van der Waals surface area contributed by atoms with Crippen molar-refractivity contribution in [2.24, 2.45) is 35.3 Å². The highest BCUT2D eigenvalue weighted by molar-refractivity contribution is 6.31. The fourth-order valence-electron chi connectivity index (χ4n) is 16.4. The van der Waals surface area contributed by atoms with Crippen LogP contribution in [-0.4, -0.2) is 267 Å². The summed E-state index contributed by atoms with van der Waals surface area (Å²) in [5.41, 5.74) is 12.2. The van der Waals surface area contributed by atoms with Crippen molar-refractivity contribution in [3.63, 3.8) is 0 Å². The average molecular weight is 1790 g/mol. The number of aliphatic hydroxyl groups is 4. The topological polar surface area (TPSA) is 466 Å². The van der Waals surface area contributed by atoms with Crippen LogP contribution in [0.2, 0.25) is 5.02 Å². The third-order valence-corrected chi connectivity index (χ3v) is 24.1. The first-order chi connectivity index (χ1) is 60.3. The zero-order chi connectivity index (χ0) is 92.9. The molecular weight excluding hydrogens is 1660 g/mol. The molecule has 3 saturated heterocycles. The molecule has 0 radical (unpaired) electrons. The number of hydrogen-bond donors (Lipinski definition) is 14. The number of aromatic nitrogens is 3. The van der Waals surface area contributed by atoms with Crippen LogP contribution in [0.15, 0.2) is 91.1 Å². The number of benzene rings is 4. The van der Waals surface area contributed by atoms with E-state index in [2.05, 4.69) is 47.1 Å². The van der Waals surface area contributed by atoms with E-state index in [4.69, 9.17) is 51.0 Å². The second-order valence-corrected chi connectivity index (χ2v) is 35.1. The first-order valence-electron chi connectivity index (χ1n) is 43.7. The second kappa shape index (κ2) is 46.7. The van der Waals surface area contributed by atoms with E-state index >= 15 is 4.39 Å². The Morgan fingerprint density at radius 3 is 2.13 bits per heavy atom. The SMILES string of the molecule is CC[C@H](C)[C@@H]([C@@H](CC(=O)N1CCC[C@H]1C[C@@H](C)C(=O)N[C@H](C)[C@@H](O)c1ccccc1)OC)N(C)C(=O)[C@@H](NC(=O)[C@H](C(C)C)N(C)C(=O)OCc1ccc(NC(=O)[C@H](C)NC(=O)[C@@H](NC(=O)CCOCCNCCNc2ncc(-c3cc(C)cc(F)c3)c(N3CCC(N)CC3)c2-c2nc3ccc(Cl)cc3[nH]2)C(C)C)c(O[C@@H]2O[C@H](C(=O)O)[C@@H](O)[C@H](O)[C@H]2O)c1)C(C)C. The first-order valence-corrected chi connectivity index (χ1v) is 44.1. The Labute approximate surface area is 746 Å². The summed E-state index contributed by atoms with van der Waals surface area (Å²) in [5.74, 6) is -7.29. The molecule has 3 aliphatic rings. The number of imidazole rings is 1. The van der Waals surface area contributed by atoms with Gasteiger partial charge in [0.05, 0.1) is 71.9 Å². The molecule has 8 amide bonds. The summed E-state index contributed by atoms with van der Waals surface area (Å²) in [5, 5.41) is 74.4. The van der Waals surface area contributed by atoms with Crippen molar-refractivity contribution in [2.75, 3.05) is 89.2 Å². The van der Waals surface area contributed by atoms with E-state index in [0.717, 1.165) is 46.5 Å². The van der Waals surface area contributed by atoms with Gasteiger partial charge in [0, 0.05) is 102 Å². The zero-order valence-corrected chi connectivity index (χ0v) is 76.0. The largest absolute Gasteiger partial charge is 0.479 e. The Bertz CT molecular complexity index is 4710. The third kappa shape index (κ3) is 26.5. The van der Waals surface area contributed by atoms with Crippen LogP contribution >= 0.6 is 11.6 Å². The van der Waals surface area contributed by atoms with Gasteiger partial charge in [0.1, 0.15) is 72.3 Å². The number of hydrogen-bond acceptors (Lipinski definition) is 24. The van der Waals surface area contributed by atoms with Gasteiger partial charge in [-0.05, 0) is 141 Å². The summed E-state index contributed by atoms with van der Waals surface area (Å²) in [7, 11) is 4.43. The Balaban J connectivity index is 0.781. The number of rotatable bonds is 43. The molecule has 36 heteroatoms. The number of nitrogens with two attached hydrogens (primary N) is 1. The number of methoxy groups -OCH3 is 1. The number of carbonyl (C=O) groups excluding carboxylic acids is 8. The molecule has 16 atom stereocenters. The summed E-state index contributed by atoms with van der Waals surface area (Å²) < 4.78 is 44.2. The van der Waals surface area contributed by atoms with Crippen LogP contribution in [0.4, 0.5) is 26.4 Å². The average Bonchev–Trinajstić information content (AvgIpc) is 1.72. The van der Waals surface area contributed by atoms with Gasteiger partial charge in [0.25, 0.3) is 0 Å². The lowest BCUT2D eigenvalue weighted by Gasteiger charge is -2.40. The maximum Gasteiger partial charge on any atom is 0.410 e. The maximum absolute atomic E-state index is 15.1. The lowest BCUT2D eigenvalue weighted by atomic mass is 9.89. The van der Waals surface area contributed by atoms with Crippen molar-refractivity contribution in [1.29, 1.82) is 0 Å². The molecule has 5 heterocycles. The number of aryl methyl sites for hydroxylation is 1. The molecule has 127 heavy (non-hydrogen) atoms.